The van der Waals surface area contributed by atoms with Crippen LogP contribution in [0.15, 0.2) is 35.1 Å². The molecular weight excluding hydrogens is 330 g/mol. The van der Waals surface area contributed by atoms with Crippen LogP contribution in [-0.2, 0) is 6.54 Å². The molecule has 4 nitrogen and oxygen atoms in total. The standard InChI is InChI=1S/C13H13BrClN3O/c1-2-16-6-10-7-17-8-13(18-10)19-12-5-9(14)3-4-11(12)15/h3-5,7-8,16H,2,6H2,1H3. The summed E-state index contributed by atoms with van der Waals surface area (Å²) >= 11 is 9.44. The van der Waals surface area contributed by atoms with Crippen LogP contribution < -0.4 is 10.1 Å². The van der Waals surface area contributed by atoms with E-state index in [4.69, 9.17) is 16.3 Å². The Balaban J connectivity index is 2.16. The monoisotopic (exact) mass is 341 g/mol. The van der Waals surface area contributed by atoms with E-state index in [2.05, 4.69) is 31.2 Å². The van der Waals surface area contributed by atoms with Gasteiger partial charge >= 0.3 is 0 Å². The fraction of sp³-hybridized carbons (Fsp3) is 0.231. The molecule has 0 atom stereocenters. The van der Waals surface area contributed by atoms with Gasteiger partial charge < -0.3 is 10.1 Å². The largest absolute Gasteiger partial charge is 0.436 e. The fourth-order valence-corrected chi connectivity index (χ4v) is 1.94. The zero-order chi connectivity index (χ0) is 13.7. The molecule has 0 amide bonds. The van der Waals surface area contributed by atoms with Crippen LogP contribution in [-0.4, -0.2) is 16.5 Å². The van der Waals surface area contributed by atoms with Crippen LogP contribution in [0.4, 0.5) is 0 Å². The van der Waals surface area contributed by atoms with Gasteiger partial charge in [0.15, 0.2) is 0 Å². The van der Waals surface area contributed by atoms with Gasteiger partial charge in [-0.05, 0) is 24.7 Å². The van der Waals surface area contributed by atoms with Crippen molar-refractivity contribution in [2.24, 2.45) is 0 Å². The summed E-state index contributed by atoms with van der Waals surface area (Å²) in [4.78, 5) is 8.46. The molecule has 0 spiro atoms. The first-order valence-electron chi connectivity index (χ1n) is 5.83. The van der Waals surface area contributed by atoms with Crippen LogP contribution in [0.5, 0.6) is 11.6 Å². The Kier molecular flexibility index (Phi) is 5.13. The van der Waals surface area contributed by atoms with Gasteiger partial charge in [0.2, 0.25) is 5.88 Å². The topological polar surface area (TPSA) is 47.0 Å². The van der Waals surface area contributed by atoms with Crippen LogP contribution in [0.2, 0.25) is 5.02 Å². The van der Waals surface area contributed by atoms with Crippen LogP contribution in [0.1, 0.15) is 12.6 Å². The second kappa shape index (κ2) is 6.84. The molecule has 0 bridgehead atoms. The van der Waals surface area contributed by atoms with Gasteiger partial charge in [-0.1, -0.05) is 34.5 Å². The smallest absolute Gasteiger partial charge is 0.238 e. The highest BCUT2D eigenvalue weighted by atomic mass is 79.9. The van der Waals surface area contributed by atoms with Crippen LogP contribution in [0.25, 0.3) is 0 Å². The quantitative estimate of drug-likeness (QED) is 0.898. The van der Waals surface area contributed by atoms with Crippen molar-refractivity contribution in [1.82, 2.24) is 15.3 Å². The van der Waals surface area contributed by atoms with E-state index in [1.165, 1.54) is 0 Å². The van der Waals surface area contributed by atoms with Crippen molar-refractivity contribution in [1.29, 1.82) is 0 Å². The summed E-state index contributed by atoms with van der Waals surface area (Å²) < 4.78 is 6.54. The van der Waals surface area contributed by atoms with Crippen molar-refractivity contribution in [2.45, 2.75) is 13.5 Å². The molecule has 0 unspecified atom stereocenters. The Bertz CT molecular complexity index is 565. The van der Waals surface area contributed by atoms with E-state index in [-0.39, 0.29) is 0 Å². The van der Waals surface area contributed by atoms with Gasteiger partial charge in [-0.2, -0.15) is 0 Å². The SMILES string of the molecule is CCNCc1cncc(Oc2cc(Br)ccc2Cl)n1. The van der Waals surface area contributed by atoms with Gasteiger partial charge in [0.1, 0.15) is 5.75 Å². The fourth-order valence-electron chi connectivity index (χ4n) is 1.44. The maximum atomic E-state index is 6.06. The lowest BCUT2D eigenvalue weighted by Crippen LogP contribution is -2.13. The van der Waals surface area contributed by atoms with E-state index in [0.29, 0.717) is 23.2 Å². The molecule has 2 aromatic rings. The van der Waals surface area contributed by atoms with Crippen LogP contribution in [0, 0.1) is 0 Å². The first-order valence-corrected chi connectivity index (χ1v) is 7.00. The molecular formula is C13H13BrClN3O. The minimum absolute atomic E-state index is 0.426. The van der Waals surface area contributed by atoms with Gasteiger partial charge in [0.05, 0.1) is 16.9 Å². The van der Waals surface area contributed by atoms with Crippen molar-refractivity contribution in [3.63, 3.8) is 0 Å². The Hall–Kier alpha value is -1.17. The summed E-state index contributed by atoms with van der Waals surface area (Å²) in [6.07, 6.45) is 3.27. The maximum absolute atomic E-state index is 6.06. The van der Waals surface area contributed by atoms with Gasteiger partial charge in [-0.15, -0.1) is 0 Å². The molecule has 1 aromatic heterocycles. The van der Waals surface area contributed by atoms with Crippen molar-refractivity contribution < 1.29 is 4.74 Å². The van der Waals surface area contributed by atoms with Gasteiger partial charge in [-0.25, -0.2) is 4.98 Å². The number of ether oxygens (including phenoxy) is 1. The lowest BCUT2D eigenvalue weighted by molar-refractivity contribution is 0.456. The molecule has 100 valence electrons. The highest BCUT2D eigenvalue weighted by Crippen LogP contribution is 2.30. The van der Waals surface area contributed by atoms with Crippen molar-refractivity contribution in [3.05, 3.63) is 45.8 Å². The lowest BCUT2D eigenvalue weighted by atomic mass is 10.3. The van der Waals surface area contributed by atoms with Crippen LogP contribution >= 0.6 is 27.5 Å². The zero-order valence-electron chi connectivity index (χ0n) is 10.4. The Morgan fingerprint density at radius 3 is 3.00 bits per heavy atom. The molecule has 0 aliphatic rings. The van der Waals surface area contributed by atoms with Crippen molar-refractivity contribution in [3.8, 4) is 11.6 Å². The van der Waals surface area contributed by atoms with E-state index in [1.54, 1.807) is 24.5 Å². The number of nitrogens with one attached hydrogen (secondary N) is 1. The normalized spacial score (nSPS) is 10.5. The molecule has 1 aromatic carbocycles. The number of rotatable bonds is 5. The highest BCUT2D eigenvalue weighted by Gasteiger charge is 2.06. The number of hydrogen-bond donors (Lipinski definition) is 1. The predicted molar refractivity (Wildman–Crippen MR) is 78.6 cm³/mol. The Morgan fingerprint density at radius 1 is 1.37 bits per heavy atom. The van der Waals surface area contributed by atoms with E-state index in [0.717, 1.165) is 16.7 Å². The number of benzene rings is 1. The number of nitrogens with zero attached hydrogens (tertiary/aromatic N) is 2. The molecule has 0 saturated heterocycles. The summed E-state index contributed by atoms with van der Waals surface area (Å²) in [7, 11) is 0. The van der Waals surface area contributed by atoms with Gasteiger partial charge in [0.25, 0.3) is 0 Å². The first-order chi connectivity index (χ1) is 9.19. The molecule has 0 aliphatic heterocycles. The molecule has 0 fully saturated rings. The summed E-state index contributed by atoms with van der Waals surface area (Å²) in [5.74, 6) is 0.973. The average molecular weight is 343 g/mol. The minimum atomic E-state index is 0.426. The molecule has 1 heterocycles. The van der Waals surface area contributed by atoms with Gasteiger partial charge in [-0.3, -0.25) is 4.98 Å². The molecule has 0 radical (unpaired) electrons. The minimum Gasteiger partial charge on any atom is -0.436 e. The number of aromatic nitrogens is 2. The van der Waals surface area contributed by atoms with E-state index in [1.807, 2.05) is 13.0 Å². The van der Waals surface area contributed by atoms with Crippen molar-refractivity contribution in [2.75, 3.05) is 6.54 Å². The average Bonchev–Trinajstić information content (AvgIpc) is 2.41. The molecule has 1 N–H and O–H groups in total. The molecule has 6 heteroatoms. The lowest BCUT2D eigenvalue weighted by Gasteiger charge is -2.08. The second-order valence-corrected chi connectivity index (χ2v) is 5.13. The third kappa shape index (κ3) is 4.16. The molecule has 19 heavy (non-hydrogen) atoms. The van der Waals surface area contributed by atoms with E-state index >= 15 is 0 Å². The molecule has 0 aliphatic carbocycles. The van der Waals surface area contributed by atoms with E-state index in [9.17, 15) is 0 Å². The third-order valence-corrected chi connectivity index (χ3v) is 3.13. The second-order valence-electron chi connectivity index (χ2n) is 3.81. The molecule has 2 rings (SSSR count). The van der Waals surface area contributed by atoms with Crippen molar-refractivity contribution >= 4 is 27.5 Å². The number of hydrogen-bond acceptors (Lipinski definition) is 4. The summed E-state index contributed by atoms with van der Waals surface area (Å²) in [6.45, 7) is 3.58. The Labute approximate surface area is 125 Å². The third-order valence-electron chi connectivity index (χ3n) is 2.33. The number of halogens is 2. The molecule has 0 saturated carbocycles. The maximum Gasteiger partial charge on any atom is 0.238 e. The van der Waals surface area contributed by atoms with E-state index < -0.39 is 0 Å². The Morgan fingerprint density at radius 2 is 2.21 bits per heavy atom. The summed E-state index contributed by atoms with van der Waals surface area (Å²) in [5, 5.41) is 3.71. The van der Waals surface area contributed by atoms with Crippen LogP contribution in [0.3, 0.4) is 0 Å². The zero-order valence-corrected chi connectivity index (χ0v) is 12.7. The predicted octanol–water partition coefficient (Wildman–Crippen LogP) is 3.79. The van der Waals surface area contributed by atoms with Gasteiger partial charge in [0, 0.05) is 17.2 Å². The summed E-state index contributed by atoms with van der Waals surface area (Å²) in [6, 6.07) is 5.40. The highest BCUT2D eigenvalue weighted by molar-refractivity contribution is 9.10. The first kappa shape index (κ1) is 14.2. The summed E-state index contributed by atoms with van der Waals surface area (Å²) in [5.41, 5.74) is 0.825.